The number of piperazine rings is 1. The first kappa shape index (κ1) is 19.1. The molecular formula is C22H28N2O3. The zero-order valence-corrected chi connectivity index (χ0v) is 16.4. The van der Waals surface area contributed by atoms with Crippen molar-refractivity contribution in [3.05, 3.63) is 54.1 Å². The second-order valence-corrected chi connectivity index (χ2v) is 7.05. The third-order valence-electron chi connectivity index (χ3n) is 4.98. The number of amides is 1. The summed E-state index contributed by atoms with van der Waals surface area (Å²) in [5.41, 5.74) is 2.57. The highest BCUT2D eigenvalue weighted by Gasteiger charge is 2.22. The van der Waals surface area contributed by atoms with Crippen LogP contribution in [0.25, 0.3) is 0 Å². The van der Waals surface area contributed by atoms with Gasteiger partial charge in [-0.3, -0.25) is 4.79 Å². The highest BCUT2D eigenvalue weighted by Crippen LogP contribution is 2.26. The first-order valence-electron chi connectivity index (χ1n) is 9.47. The van der Waals surface area contributed by atoms with Crippen molar-refractivity contribution in [3.63, 3.8) is 0 Å². The summed E-state index contributed by atoms with van der Waals surface area (Å²) in [7, 11) is 1.59. The van der Waals surface area contributed by atoms with Crippen LogP contribution in [-0.2, 0) is 4.79 Å². The van der Waals surface area contributed by atoms with Crippen LogP contribution in [0.15, 0.2) is 48.5 Å². The molecule has 0 radical (unpaired) electrons. The summed E-state index contributed by atoms with van der Waals surface area (Å²) in [4.78, 5) is 16.7. The van der Waals surface area contributed by atoms with Crippen LogP contribution in [0.4, 0.5) is 5.69 Å². The third-order valence-corrected chi connectivity index (χ3v) is 4.98. The molecule has 1 fully saturated rings. The highest BCUT2D eigenvalue weighted by atomic mass is 16.5. The molecule has 144 valence electrons. The zero-order chi connectivity index (χ0) is 19.2. The first-order valence-corrected chi connectivity index (χ1v) is 9.47. The molecule has 0 unspecified atom stereocenters. The number of benzene rings is 2. The van der Waals surface area contributed by atoms with Crippen molar-refractivity contribution in [3.8, 4) is 11.5 Å². The highest BCUT2D eigenvalue weighted by molar-refractivity contribution is 5.78. The summed E-state index contributed by atoms with van der Waals surface area (Å²) in [6.07, 6.45) is 0. The maximum Gasteiger partial charge on any atom is 0.260 e. The Balaban J connectivity index is 1.50. The minimum absolute atomic E-state index is 0.00992. The van der Waals surface area contributed by atoms with Gasteiger partial charge in [-0.05, 0) is 35.7 Å². The predicted molar refractivity (Wildman–Crippen MR) is 108 cm³/mol. The van der Waals surface area contributed by atoms with Gasteiger partial charge in [-0.15, -0.1) is 0 Å². The molecule has 5 nitrogen and oxygen atoms in total. The quantitative estimate of drug-likeness (QED) is 0.782. The minimum Gasteiger partial charge on any atom is -0.493 e. The Labute approximate surface area is 161 Å². The van der Waals surface area contributed by atoms with E-state index in [0.29, 0.717) is 30.5 Å². The molecule has 0 aliphatic carbocycles. The van der Waals surface area contributed by atoms with Crippen molar-refractivity contribution in [2.75, 3.05) is 44.8 Å². The molecule has 0 aromatic heterocycles. The Bertz CT molecular complexity index is 750. The molecular weight excluding hydrogens is 340 g/mol. The van der Waals surface area contributed by atoms with Gasteiger partial charge in [0.25, 0.3) is 5.91 Å². The largest absolute Gasteiger partial charge is 0.493 e. The van der Waals surface area contributed by atoms with E-state index in [9.17, 15) is 4.79 Å². The smallest absolute Gasteiger partial charge is 0.260 e. The van der Waals surface area contributed by atoms with Crippen molar-refractivity contribution >= 4 is 11.6 Å². The van der Waals surface area contributed by atoms with Crippen LogP contribution >= 0.6 is 0 Å². The number of carbonyl (C=O) groups excluding carboxylic acids is 1. The summed E-state index contributed by atoms with van der Waals surface area (Å²) in [5.74, 6) is 1.78. The van der Waals surface area contributed by atoms with E-state index < -0.39 is 0 Å². The molecule has 3 rings (SSSR count). The summed E-state index contributed by atoms with van der Waals surface area (Å²) in [5, 5.41) is 0. The van der Waals surface area contributed by atoms with Crippen molar-refractivity contribution in [2.45, 2.75) is 19.8 Å². The Hall–Kier alpha value is -2.69. The molecule has 1 saturated heterocycles. The molecule has 1 amide bonds. The van der Waals surface area contributed by atoms with Gasteiger partial charge in [0.1, 0.15) is 0 Å². The molecule has 5 heteroatoms. The number of para-hydroxylation sites is 2. The molecule has 0 N–H and O–H groups in total. The number of anilines is 1. The Morgan fingerprint density at radius 3 is 2.19 bits per heavy atom. The van der Waals surface area contributed by atoms with E-state index in [2.05, 4.69) is 43.0 Å². The monoisotopic (exact) mass is 368 g/mol. The standard InChI is InChI=1S/C22H28N2O3/c1-17(2)18-8-10-19(11-9-18)23-12-14-24(15-13-23)22(25)16-27-21-7-5-4-6-20(21)26-3/h4-11,17H,12-16H2,1-3H3. The van der Waals surface area contributed by atoms with Crippen molar-refractivity contribution in [2.24, 2.45) is 0 Å². The number of nitrogens with zero attached hydrogens (tertiary/aromatic N) is 2. The van der Waals surface area contributed by atoms with Crippen molar-refractivity contribution in [1.82, 2.24) is 4.90 Å². The second-order valence-electron chi connectivity index (χ2n) is 7.05. The van der Waals surface area contributed by atoms with Gasteiger partial charge < -0.3 is 19.3 Å². The van der Waals surface area contributed by atoms with Gasteiger partial charge in [0, 0.05) is 31.9 Å². The maximum absolute atomic E-state index is 12.5. The van der Waals surface area contributed by atoms with Gasteiger partial charge in [-0.1, -0.05) is 38.1 Å². The zero-order valence-electron chi connectivity index (χ0n) is 16.4. The van der Waals surface area contributed by atoms with Gasteiger partial charge in [0.05, 0.1) is 7.11 Å². The van der Waals surface area contributed by atoms with Crippen LogP contribution < -0.4 is 14.4 Å². The van der Waals surface area contributed by atoms with E-state index in [1.165, 1.54) is 11.3 Å². The third kappa shape index (κ3) is 4.73. The van der Waals surface area contributed by atoms with E-state index in [1.807, 2.05) is 29.2 Å². The van der Waals surface area contributed by atoms with Crippen molar-refractivity contribution < 1.29 is 14.3 Å². The molecule has 1 aliphatic heterocycles. The van der Waals surface area contributed by atoms with E-state index in [1.54, 1.807) is 7.11 Å². The Kier molecular flexibility index (Phi) is 6.22. The molecule has 0 saturated carbocycles. The number of carbonyl (C=O) groups is 1. The number of hydrogen-bond acceptors (Lipinski definition) is 4. The fourth-order valence-corrected chi connectivity index (χ4v) is 3.25. The maximum atomic E-state index is 12.5. The molecule has 0 bridgehead atoms. The van der Waals surface area contributed by atoms with Crippen LogP contribution in [-0.4, -0.2) is 50.7 Å². The number of ether oxygens (including phenoxy) is 2. The van der Waals surface area contributed by atoms with Gasteiger partial charge in [-0.2, -0.15) is 0 Å². The van der Waals surface area contributed by atoms with Gasteiger partial charge in [0.15, 0.2) is 18.1 Å². The minimum atomic E-state index is 0.00992. The van der Waals surface area contributed by atoms with Gasteiger partial charge >= 0.3 is 0 Å². The lowest BCUT2D eigenvalue weighted by Crippen LogP contribution is -2.50. The first-order chi connectivity index (χ1) is 13.1. The fraction of sp³-hybridized carbons (Fsp3) is 0.409. The number of hydrogen-bond donors (Lipinski definition) is 0. The normalized spacial score (nSPS) is 14.4. The van der Waals surface area contributed by atoms with Crippen LogP contribution in [0.5, 0.6) is 11.5 Å². The summed E-state index contributed by atoms with van der Waals surface area (Å²) in [6.45, 7) is 7.52. The van der Waals surface area contributed by atoms with Crippen LogP contribution in [0, 0.1) is 0 Å². The Morgan fingerprint density at radius 2 is 1.59 bits per heavy atom. The summed E-state index contributed by atoms with van der Waals surface area (Å²) < 4.78 is 10.9. The topological polar surface area (TPSA) is 42.0 Å². The van der Waals surface area contributed by atoms with E-state index in [4.69, 9.17) is 9.47 Å². The lowest BCUT2D eigenvalue weighted by Gasteiger charge is -2.36. The summed E-state index contributed by atoms with van der Waals surface area (Å²) in [6, 6.07) is 16.1. The molecule has 27 heavy (non-hydrogen) atoms. The fourth-order valence-electron chi connectivity index (χ4n) is 3.25. The number of rotatable bonds is 6. The molecule has 0 atom stereocenters. The van der Waals surface area contributed by atoms with Crippen LogP contribution in [0.1, 0.15) is 25.3 Å². The number of methoxy groups -OCH3 is 1. The SMILES string of the molecule is COc1ccccc1OCC(=O)N1CCN(c2ccc(C(C)C)cc2)CC1. The average molecular weight is 368 g/mol. The molecule has 1 heterocycles. The van der Waals surface area contributed by atoms with E-state index in [-0.39, 0.29) is 12.5 Å². The van der Waals surface area contributed by atoms with E-state index in [0.717, 1.165) is 13.1 Å². The molecule has 1 aliphatic rings. The average Bonchev–Trinajstić information content (AvgIpc) is 2.72. The second kappa shape index (κ2) is 8.80. The predicted octanol–water partition coefficient (Wildman–Crippen LogP) is 3.55. The molecule has 0 spiro atoms. The lowest BCUT2D eigenvalue weighted by atomic mass is 10.0. The van der Waals surface area contributed by atoms with Gasteiger partial charge in [-0.25, -0.2) is 0 Å². The van der Waals surface area contributed by atoms with Crippen LogP contribution in [0.3, 0.4) is 0 Å². The van der Waals surface area contributed by atoms with Crippen LogP contribution in [0.2, 0.25) is 0 Å². The summed E-state index contributed by atoms with van der Waals surface area (Å²) >= 11 is 0. The molecule has 2 aromatic carbocycles. The van der Waals surface area contributed by atoms with Gasteiger partial charge in [0.2, 0.25) is 0 Å². The van der Waals surface area contributed by atoms with E-state index >= 15 is 0 Å². The van der Waals surface area contributed by atoms with Crippen molar-refractivity contribution in [1.29, 1.82) is 0 Å². The molecule has 2 aromatic rings. The lowest BCUT2D eigenvalue weighted by molar-refractivity contribution is -0.133. The Morgan fingerprint density at radius 1 is 0.963 bits per heavy atom.